The van der Waals surface area contributed by atoms with Crippen LogP contribution in [0.1, 0.15) is 66.4 Å². The summed E-state index contributed by atoms with van der Waals surface area (Å²) in [5.41, 5.74) is 2.59. The van der Waals surface area contributed by atoms with Crippen LogP contribution in [0, 0.1) is 10.1 Å². The highest BCUT2D eigenvalue weighted by molar-refractivity contribution is 7.18. The van der Waals surface area contributed by atoms with E-state index < -0.39 is 0 Å². The quantitative estimate of drug-likeness (QED) is 0.352. The molecule has 3 aromatic rings. The van der Waals surface area contributed by atoms with Gasteiger partial charge in [-0.05, 0) is 48.8 Å². The van der Waals surface area contributed by atoms with Crippen LogP contribution in [0.25, 0.3) is 22.4 Å². The van der Waals surface area contributed by atoms with Crippen LogP contribution >= 0.6 is 11.3 Å². The lowest BCUT2D eigenvalue weighted by Gasteiger charge is -2.06. The van der Waals surface area contributed by atoms with Gasteiger partial charge >= 0.3 is 0 Å². The minimum atomic E-state index is -0.350. The van der Waals surface area contributed by atoms with Crippen molar-refractivity contribution in [1.29, 1.82) is 0 Å². The molecule has 6 nitrogen and oxygen atoms in total. The van der Waals surface area contributed by atoms with Crippen LogP contribution < -0.4 is 5.56 Å². The smallest absolute Gasteiger partial charge is 0.273 e. The van der Waals surface area contributed by atoms with E-state index in [1.54, 1.807) is 35.6 Å². The van der Waals surface area contributed by atoms with Crippen molar-refractivity contribution < 1.29 is 4.92 Å². The number of H-pyrrole nitrogens is 1. The topological polar surface area (TPSA) is 88.9 Å². The van der Waals surface area contributed by atoms with Crippen molar-refractivity contribution in [3.8, 4) is 0 Å². The van der Waals surface area contributed by atoms with Crippen molar-refractivity contribution in [3.63, 3.8) is 0 Å². The van der Waals surface area contributed by atoms with E-state index in [-0.39, 0.29) is 22.1 Å². The molecule has 0 unspecified atom stereocenters. The number of aromatic nitrogens is 2. The second kappa shape index (κ2) is 7.91. The molecule has 0 amide bonds. The summed E-state index contributed by atoms with van der Waals surface area (Å²) in [4.78, 5) is 33.3. The molecule has 1 aliphatic carbocycles. The standard InChI is InChI=1S/C22H23N3O3S/c1-13(2)15-10-8-14(12-17(15)25(27)28)9-11-19-23-21(26)20-16-6-4-3-5-7-18(16)29-22(20)24-19/h8-13H,3-7H2,1-2H3,(H,23,24,26)/b11-9+. The molecular formula is C22H23N3O3S. The molecule has 1 N–H and O–H groups in total. The van der Waals surface area contributed by atoms with Gasteiger partial charge in [-0.2, -0.15) is 0 Å². The number of benzene rings is 1. The van der Waals surface area contributed by atoms with E-state index in [2.05, 4.69) is 9.97 Å². The predicted molar refractivity (Wildman–Crippen MR) is 118 cm³/mol. The first kappa shape index (κ1) is 19.5. The summed E-state index contributed by atoms with van der Waals surface area (Å²) in [6.45, 7) is 3.87. The van der Waals surface area contributed by atoms with Gasteiger partial charge in [0, 0.05) is 16.5 Å². The fourth-order valence-corrected chi connectivity index (χ4v) is 5.19. The van der Waals surface area contributed by atoms with Gasteiger partial charge in [0.2, 0.25) is 0 Å². The van der Waals surface area contributed by atoms with Crippen LogP contribution in [-0.2, 0) is 12.8 Å². The number of hydrogen-bond acceptors (Lipinski definition) is 5. The molecule has 29 heavy (non-hydrogen) atoms. The number of nitro benzene ring substituents is 1. The number of thiophene rings is 1. The van der Waals surface area contributed by atoms with Crippen LogP contribution in [0.2, 0.25) is 0 Å². The van der Waals surface area contributed by atoms with E-state index in [0.717, 1.165) is 35.9 Å². The molecule has 0 bridgehead atoms. The lowest BCUT2D eigenvalue weighted by molar-refractivity contribution is -0.385. The number of fused-ring (bicyclic) bond motifs is 3. The third-order valence-electron chi connectivity index (χ3n) is 5.40. The Morgan fingerprint density at radius 2 is 2.00 bits per heavy atom. The molecule has 1 aromatic carbocycles. The third kappa shape index (κ3) is 3.87. The zero-order chi connectivity index (χ0) is 20.5. The zero-order valence-corrected chi connectivity index (χ0v) is 17.3. The Balaban J connectivity index is 1.69. The molecule has 0 fully saturated rings. The number of aryl methyl sites for hydroxylation is 2. The molecular weight excluding hydrogens is 386 g/mol. The normalized spacial score (nSPS) is 14.4. The van der Waals surface area contributed by atoms with Gasteiger partial charge in [-0.25, -0.2) is 4.98 Å². The fraction of sp³-hybridized carbons (Fsp3) is 0.364. The first-order valence-corrected chi connectivity index (χ1v) is 10.8. The van der Waals surface area contributed by atoms with E-state index in [4.69, 9.17) is 0 Å². The number of nitrogens with zero attached hydrogens (tertiary/aromatic N) is 2. The molecule has 2 aromatic heterocycles. The Labute approximate surface area is 172 Å². The second-order valence-corrected chi connectivity index (χ2v) is 8.84. The molecule has 1 aliphatic rings. The minimum Gasteiger partial charge on any atom is -0.306 e. The monoisotopic (exact) mass is 409 g/mol. The Bertz CT molecular complexity index is 1170. The van der Waals surface area contributed by atoms with Crippen LogP contribution in [0.4, 0.5) is 5.69 Å². The Morgan fingerprint density at radius 3 is 2.76 bits per heavy atom. The maximum Gasteiger partial charge on any atom is 0.273 e. The van der Waals surface area contributed by atoms with Gasteiger partial charge in [0.25, 0.3) is 11.2 Å². The summed E-state index contributed by atoms with van der Waals surface area (Å²) in [5, 5.41) is 12.1. The largest absolute Gasteiger partial charge is 0.306 e. The molecule has 0 saturated carbocycles. The van der Waals surface area contributed by atoms with Crippen molar-refractivity contribution in [2.75, 3.05) is 0 Å². The first-order valence-electron chi connectivity index (χ1n) is 9.95. The van der Waals surface area contributed by atoms with Crippen molar-refractivity contribution >= 4 is 39.4 Å². The van der Waals surface area contributed by atoms with Gasteiger partial charge < -0.3 is 4.98 Å². The SMILES string of the molecule is CC(C)c1ccc(/C=C/c2nc3sc4c(c3c(=O)[nH]2)CCCCC4)cc1[N+](=O)[O-]. The van der Waals surface area contributed by atoms with Gasteiger partial charge in [-0.1, -0.05) is 38.5 Å². The van der Waals surface area contributed by atoms with Gasteiger partial charge in [0.05, 0.1) is 10.3 Å². The lowest BCUT2D eigenvalue weighted by atomic mass is 9.99. The van der Waals surface area contributed by atoms with Gasteiger partial charge in [0.15, 0.2) is 0 Å². The first-order chi connectivity index (χ1) is 13.9. The number of nitrogens with one attached hydrogen (secondary N) is 1. The van der Waals surface area contributed by atoms with Crippen LogP contribution in [0.15, 0.2) is 23.0 Å². The maximum absolute atomic E-state index is 12.7. The molecule has 0 radical (unpaired) electrons. The Morgan fingerprint density at radius 1 is 1.21 bits per heavy atom. The van der Waals surface area contributed by atoms with Crippen LogP contribution in [0.3, 0.4) is 0 Å². The average Bonchev–Trinajstić information content (AvgIpc) is 2.88. The van der Waals surface area contributed by atoms with Gasteiger partial charge in [0.1, 0.15) is 10.7 Å². The van der Waals surface area contributed by atoms with Crippen molar-refractivity contribution in [2.45, 2.75) is 51.9 Å². The van der Waals surface area contributed by atoms with Crippen molar-refractivity contribution in [3.05, 3.63) is 66.1 Å². The molecule has 0 atom stereocenters. The van der Waals surface area contributed by atoms with Gasteiger partial charge in [-0.15, -0.1) is 11.3 Å². The second-order valence-electron chi connectivity index (χ2n) is 7.76. The summed E-state index contributed by atoms with van der Waals surface area (Å²) in [6.07, 6.45) is 8.91. The number of nitro groups is 1. The van der Waals surface area contributed by atoms with Gasteiger partial charge in [-0.3, -0.25) is 14.9 Å². The van der Waals surface area contributed by atoms with E-state index in [1.807, 2.05) is 19.9 Å². The summed E-state index contributed by atoms with van der Waals surface area (Å²) in [7, 11) is 0. The number of rotatable bonds is 4. The van der Waals surface area contributed by atoms with E-state index in [0.29, 0.717) is 17.0 Å². The minimum absolute atomic E-state index is 0.0721. The predicted octanol–water partition coefficient (Wildman–Crippen LogP) is 5.46. The molecule has 0 aliphatic heterocycles. The molecule has 0 spiro atoms. The Kier molecular flexibility index (Phi) is 5.32. The van der Waals surface area contributed by atoms with E-state index in [1.165, 1.54) is 16.9 Å². The molecule has 2 heterocycles. The number of aromatic amines is 1. The highest BCUT2D eigenvalue weighted by atomic mass is 32.1. The molecule has 150 valence electrons. The molecule has 0 saturated heterocycles. The number of hydrogen-bond donors (Lipinski definition) is 1. The maximum atomic E-state index is 12.7. The van der Waals surface area contributed by atoms with Crippen LogP contribution in [-0.4, -0.2) is 14.9 Å². The fourth-order valence-electron chi connectivity index (χ4n) is 3.92. The summed E-state index contributed by atoms with van der Waals surface area (Å²) >= 11 is 1.62. The highest BCUT2D eigenvalue weighted by Gasteiger charge is 2.19. The van der Waals surface area contributed by atoms with Crippen molar-refractivity contribution in [2.24, 2.45) is 0 Å². The summed E-state index contributed by atoms with van der Waals surface area (Å²) < 4.78 is 0. The summed E-state index contributed by atoms with van der Waals surface area (Å²) in [6, 6.07) is 5.21. The van der Waals surface area contributed by atoms with Crippen LogP contribution in [0.5, 0.6) is 0 Å². The molecule has 4 rings (SSSR count). The average molecular weight is 410 g/mol. The Hall–Kier alpha value is -2.80. The van der Waals surface area contributed by atoms with E-state index in [9.17, 15) is 14.9 Å². The lowest BCUT2D eigenvalue weighted by Crippen LogP contribution is -2.10. The molecule has 7 heteroatoms. The summed E-state index contributed by atoms with van der Waals surface area (Å²) in [5.74, 6) is 0.539. The van der Waals surface area contributed by atoms with Crippen molar-refractivity contribution in [1.82, 2.24) is 9.97 Å². The van der Waals surface area contributed by atoms with E-state index >= 15 is 0 Å². The zero-order valence-electron chi connectivity index (χ0n) is 16.5. The third-order valence-corrected chi connectivity index (χ3v) is 6.59. The highest BCUT2D eigenvalue weighted by Crippen LogP contribution is 2.33.